The fourth-order valence-corrected chi connectivity index (χ4v) is 5.53. The molecule has 1 aliphatic rings. The Morgan fingerprint density at radius 3 is 2.05 bits per heavy atom. The van der Waals surface area contributed by atoms with Crippen LogP contribution in [0.5, 0.6) is 0 Å². The van der Waals surface area contributed by atoms with Crippen molar-refractivity contribution in [3.63, 3.8) is 0 Å². The molecule has 0 aliphatic carbocycles. The minimum atomic E-state index is -3.92. The van der Waals surface area contributed by atoms with Crippen LogP contribution in [0.15, 0.2) is 42.5 Å². The maximum absolute atomic E-state index is 13.6. The molecule has 204 valence electrons. The van der Waals surface area contributed by atoms with Crippen molar-refractivity contribution >= 4 is 54.8 Å². The predicted octanol–water partition coefficient (Wildman–Crippen LogP) is 2.57. The fraction of sp³-hybridized carbons (Fsp3) is 0.435. The van der Waals surface area contributed by atoms with Gasteiger partial charge in [0.25, 0.3) is 0 Å². The third kappa shape index (κ3) is 8.81. The number of amides is 1. The lowest BCUT2D eigenvalue weighted by atomic mass is 10.0. The van der Waals surface area contributed by atoms with Crippen molar-refractivity contribution in [2.75, 3.05) is 44.3 Å². The van der Waals surface area contributed by atoms with Crippen molar-refractivity contribution in [2.45, 2.75) is 25.3 Å². The zero-order chi connectivity index (χ0) is 27.4. The third-order valence-electron chi connectivity index (χ3n) is 5.89. The van der Waals surface area contributed by atoms with Crippen LogP contribution in [0.25, 0.3) is 0 Å². The summed E-state index contributed by atoms with van der Waals surface area (Å²) in [6, 6.07) is 12.2. The third-order valence-corrected chi connectivity index (χ3v) is 7.64. The summed E-state index contributed by atoms with van der Waals surface area (Å²) < 4.78 is 47.9. The molecular formula is C23H31Cl2N5O5S2. The number of likely N-dealkylation sites (tertiary alicyclic amines) is 1. The number of anilines is 1. The van der Waals surface area contributed by atoms with Crippen LogP contribution in [-0.2, 0) is 31.3 Å². The Balaban J connectivity index is 1.96. The van der Waals surface area contributed by atoms with Gasteiger partial charge in [0.1, 0.15) is 0 Å². The molecule has 10 nitrogen and oxygen atoms in total. The molecule has 0 radical (unpaired) electrons. The van der Waals surface area contributed by atoms with E-state index in [0.29, 0.717) is 11.7 Å². The van der Waals surface area contributed by atoms with E-state index in [1.807, 2.05) is 30.3 Å². The molecule has 1 amide bonds. The Bertz CT molecular complexity index is 1290. The van der Waals surface area contributed by atoms with Crippen LogP contribution in [0, 0.1) is 0 Å². The first-order valence-corrected chi connectivity index (χ1v) is 16.0. The van der Waals surface area contributed by atoms with Gasteiger partial charge in [0.2, 0.25) is 26.0 Å². The van der Waals surface area contributed by atoms with E-state index in [1.165, 1.54) is 12.1 Å². The maximum atomic E-state index is 13.6. The summed E-state index contributed by atoms with van der Waals surface area (Å²) in [6.45, 7) is 2.59. The number of nitrogens with zero attached hydrogens (tertiary/aromatic N) is 3. The lowest BCUT2D eigenvalue weighted by Gasteiger charge is -2.33. The van der Waals surface area contributed by atoms with Gasteiger partial charge in [-0.1, -0.05) is 53.5 Å². The Morgan fingerprint density at radius 2 is 1.51 bits per heavy atom. The van der Waals surface area contributed by atoms with Crippen LogP contribution < -0.4 is 14.8 Å². The monoisotopic (exact) mass is 591 g/mol. The van der Waals surface area contributed by atoms with Crippen LogP contribution in [0.3, 0.4) is 0 Å². The Labute approximate surface area is 228 Å². The summed E-state index contributed by atoms with van der Waals surface area (Å²) in [4.78, 5) is 21.7. The number of rotatable bonds is 11. The first kappa shape index (κ1) is 29.6. The second-order valence-corrected chi connectivity index (χ2v) is 13.3. The van der Waals surface area contributed by atoms with Gasteiger partial charge in [0, 0.05) is 13.6 Å². The SMILES string of the molecule is CN(C(=O)Cc1cc(Cl)c(Cl)cc1N(NS(C)(=O)=O)NS(C)(=O)=O)[C@H](CN1CCCC1)c1ccccc1. The molecule has 0 aromatic heterocycles. The normalized spacial score (nSPS) is 15.5. The van der Waals surface area contributed by atoms with Gasteiger partial charge in [0.15, 0.2) is 0 Å². The van der Waals surface area contributed by atoms with Crippen molar-refractivity contribution in [3.8, 4) is 0 Å². The van der Waals surface area contributed by atoms with Crippen molar-refractivity contribution in [3.05, 3.63) is 63.6 Å². The average Bonchev–Trinajstić information content (AvgIpc) is 3.31. The Morgan fingerprint density at radius 1 is 0.973 bits per heavy atom. The summed E-state index contributed by atoms with van der Waals surface area (Å²) in [5.74, 6) is -0.272. The number of hydrogen-bond acceptors (Lipinski definition) is 7. The minimum Gasteiger partial charge on any atom is -0.337 e. The molecule has 2 aromatic carbocycles. The molecule has 1 atom stereocenters. The molecule has 0 saturated carbocycles. The van der Waals surface area contributed by atoms with Crippen molar-refractivity contribution in [1.82, 2.24) is 19.5 Å². The Hall–Kier alpha value is -1.93. The standard InChI is InChI=1S/C23H31Cl2N5O5S2/c1-28(22(16-29-11-7-8-12-29)17-9-5-4-6-10-17)23(31)14-18-13-19(24)20(25)15-21(18)30(26-36(2,32)33)27-37(3,34)35/h4-6,9-10,13,15,22,26-27H,7-8,11-12,14,16H2,1-3H3/t22-/m1/s1. The van der Waals surface area contributed by atoms with Gasteiger partial charge in [-0.25, -0.2) is 22.0 Å². The number of hydrogen-bond donors (Lipinski definition) is 2. The fourth-order valence-electron chi connectivity index (χ4n) is 4.17. The number of benzene rings is 2. The zero-order valence-electron chi connectivity index (χ0n) is 20.8. The quantitative estimate of drug-likeness (QED) is 0.385. The van der Waals surface area contributed by atoms with E-state index in [0.717, 1.165) is 44.0 Å². The lowest BCUT2D eigenvalue weighted by Crippen LogP contribution is -2.53. The number of halogens is 2. The first-order valence-electron chi connectivity index (χ1n) is 11.5. The van der Waals surface area contributed by atoms with Crippen LogP contribution in [0.4, 0.5) is 5.69 Å². The smallest absolute Gasteiger partial charge is 0.227 e. The van der Waals surface area contributed by atoms with E-state index >= 15 is 0 Å². The number of carbonyl (C=O) groups excluding carboxylic acids is 1. The van der Waals surface area contributed by atoms with E-state index < -0.39 is 20.0 Å². The van der Waals surface area contributed by atoms with Gasteiger partial charge in [-0.15, -0.1) is 9.66 Å². The highest BCUT2D eigenvalue weighted by Gasteiger charge is 2.28. The summed E-state index contributed by atoms with van der Waals surface area (Å²) in [6.07, 6.45) is 3.76. The van der Waals surface area contributed by atoms with Gasteiger partial charge in [0.05, 0.1) is 40.7 Å². The minimum absolute atomic E-state index is 0.0165. The molecule has 1 heterocycles. The summed E-state index contributed by atoms with van der Waals surface area (Å²) in [5, 5.41) is 0.883. The second-order valence-electron chi connectivity index (χ2n) is 9.07. The van der Waals surface area contributed by atoms with Crippen molar-refractivity contribution in [1.29, 1.82) is 0 Å². The molecule has 14 heteroatoms. The van der Waals surface area contributed by atoms with Crippen LogP contribution in [0.1, 0.15) is 30.0 Å². The van der Waals surface area contributed by atoms with Gasteiger partial charge in [-0.2, -0.15) is 0 Å². The molecule has 37 heavy (non-hydrogen) atoms. The highest BCUT2D eigenvalue weighted by molar-refractivity contribution is 7.89. The molecule has 1 fully saturated rings. The average molecular weight is 593 g/mol. The molecule has 0 spiro atoms. The van der Waals surface area contributed by atoms with E-state index in [2.05, 4.69) is 14.6 Å². The largest absolute Gasteiger partial charge is 0.337 e. The summed E-state index contributed by atoms with van der Waals surface area (Å²) >= 11 is 12.4. The van der Waals surface area contributed by atoms with Crippen LogP contribution in [-0.4, -0.2) is 71.7 Å². The number of hydrazine groups is 2. The molecule has 1 aliphatic heterocycles. The maximum Gasteiger partial charge on any atom is 0.227 e. The number of carbonyl (C=O) groups is 1. The van der Waals surface area contributed by atoms with E-state index in [4.69, 9.17) is 23.2 Å². The van der Waals surface area contributed by atoms with Gasteiger partial charge >= 0.3 is 0 Å². The van der Waals surface area contributed by atoms with Gasteiger partial charge in [-0.05, 0) is 49.2 Å². The molecule has 3 rings (SSSR count). The number of nitrogens with one attached hydrogen (secondary N) is 2. The Kier molecular flexibility index (Phi) is 9.84. The topological polar surface area (TPSA) is 119 Å². The highest BCUT2D eigenvalue weighted by Crippen LogP contribution is 2.32. The predicted molar refractivity (Wildman–Crippen MR) is 146 cm³/mol. The van der Waals surface area contributed by atoms with E-state index in [1.54, 1.807) is 11.9 Å². The molecule has 0 unspecified atom stereocenters. The van der Waals surface area contributed by atoms with Crippen molar-refractivity contribution < 1.29 is 21.6 Å². The first-order chi connectivity index (χ1) is 17.2. The zero-order valence-corrected chi connectivity index (χ0v) is 24.0. The van der Waals surface area contributed by atoms with Crippen LogP contribution >= 0.6 is 23.2 Å². The second kappa shape index (κ2) is 12.3. The highest BCUT2D eigenvalue weighted by atomic mass is 35.5. The number of sulfonamides is 2. The molecule has 0 bridgehead atoms. The molecule has 2 N–H and O–H groups in total. The summed E-state index contributed by atoms with van der Waals surface area (Å²) in [5.41, 5.74) is 1.27. The molecule has 1 saturated heterocycles. The molecule has 2 aromatic rings. The van der Waals surface area contributed by atoms with Crippen LogP contribution in [0.2, 0.25) is 10.0 Å². The van der Waals surface area contributed by atoms with Gasteiger partial charge < -0.3 is 9.80 Å². The van der Waals surface area contributed by atoms with Gasteiger partial charge in [-0.3, -0.25) is 4.79 Å². The molecular weight excluding hydrogens is 561 g/mol. The number of likely N-dealkylation sites (N-methyl/N-ethyl adjacent to an activating group) is 1. The lowest BCUT2D eigenvalue weighted by molar-refractivity contribution is -0.131. The summed E-state index contributed by atoms with van der Waals surface area (Å²) in [7, 11) is -6.12. The van der Waals surface area contributed by atoms with Crippen molar-refractivity contribution in [2.24, 2.45) is 0 Å². The van der Waals surface area contributed by atoms with E-state index in [-0.39, 0.29) is 39.7 Å². The van der Waals surface area contributed by atoms with E-state index in [9.17, 15) is 21.6 Å².